The highest BCUT2D eigenvalue weighted by atomic mass is 16.6. The summed E-state index contributed by atoms with van der Waals surface area (Å²) in [7, 11) is 0. The van der Waals surface area contributed by atoms with Crippen molar-refractivity contribution in [2.75, 3.05) is 13.2 Å². The Labute approximate surface area is 162 Å². The van der Waals surface area contributed by atoms with Crippen molar-refractivity contribution in [1.29, 1.82) is 0 Å². The van der Waals surface area contributed by atoms with Crippen molar-refractivity contribution >= 4 is 6.09 Å². The van der Waals surface area contributed by atoms with E-state index in [1.165, 1.54) is 5.56 Å². The second-order valence-corrected chi connectivity index (χ2v) is 7.16. The molecule has 0 N–H and O–H groups in total. The maximum Gasteiger partial charge on any atom is 0.410 e. The molecule has 0 radical (unpaired) electrons. The van der Waals surface area contributed by atoms with Gasteiger partial charge in [-0.2, -0.15) is 0 Å². The minimum Gasteiger partial charge on any atom is -0.488 e. The molecule has 0 aromatic heterocycles. The number of carbonyl (C=O) groups excluding carboxylic acids is 1. The highest BCUT2D eigenvalue weighted by molar-refractivity contribution is 5.68. The summed E-state index contributed by atoms with van der Waals surface area (Å²) in [4.78, 5) is 14.2. The third-order valence-corrected chi connectivity index (χ3v) is 5.10. The third kappa shape index (κ3) is 4.62. The largest absolute Gasteiger partial charge is 0.488 e. The van der Waals surface area contributed by atoms with Crippen molar-refractivity contribution in [2.45, 2.75) is 52.7 Å². The number of benzene rings is 2. The van der Waals surface area contributed by atoms with E-state index in [-0.39, 0.29) is 12.1 Å². The number of hydrogen-bond donors (Lipinski definition) is 0. The van der Waals surface area contributed by atoms with Crippen LogP contribution in [0, 0.1) is 13.8 Å². The number of carbonyl (C=O) groups is 1. The van der Waals surface area contributed by atoms with Gasteiger partial charge in [-0.05, 0) is 62.3 Å². The molecule has 4 nitrogen and oxygen atoms in total. The normalized spacial score (nSPS) is 16.9. The number of ether oxygens (including phenoxy) is 2. The molecule has 1 amide bonds. The molecule has 1 aliphatic heterocycles. The lowest BCUT2D eigenvalue weighted by Gasteiger charge is -2.35. The van der Waals surface area contributed by atoms with Crippen LogP contribution in [0.1, 0.15) is 54.5 Å². The monoisotopic (exact) mass is 367 g/mol. The van der Waals surface area contributed by atoms with Gasteiger partial charge in [0.05, 0.1) is 12.6 Å². The smallest absolute Gasteiger partial charge is 0.410 e. The van der Waals surface area contributed by atoms with E-state index in [9.17, 15) is 4.79 Å². The van der Waals surface area contributed by atoms with Crippen LogP contribution < -0.4 is 4.74 Å². The summed E-state index contributed by atoms with van der Waals surface area (Å²) in [5.74, 6) is 0.932. The summed E-state index contributed by atoms with van der Waals surface area (Å²) in [6.45, 7) is 7.73. The molecule has 1 fully saturated rings. The summed E-state index contributed by atoms with van der Waals surface area (Å²) in [5.41, 5.74) is 4.54. The zero-order valence-electron chi connectivity index (χ0n) is 16.5. The molecule has 1 heterocycles. The van der Waals surface area contributed by atoms with E-state index in [2.05, 4.69) is 38.1 Å². The van der Waals surface area contributed by atoms with Crippen molar-refractivity contribution < 1.29 is 14.3 Å². The Hall–Kier alpha value is -2.49. The van der Waals surface area contributed by atoms with E-state index < -0.39 is 0 Å². The molecular weight excluding hydrogens is 338 g/mol. The molecule has 2 aromatic carbocycles. The molecule has 144 valence electrons. The number of hydrogen-bond acceptors (Lipinski definition) is 3. The van der Waals surface area contributed by atoms with Crippen LogP contribution in [0.25, 0.3) is 0 Å². The zero-order chi connectivity index (χ0) is 19.2. The van der Waals surface area contributed by atoms with Gasteiger partial charge >= 0.3 is 6.09 Å². The predicted molar refractivity (Wildman–Crippen MR) is 107 cm³/mol. The SMILES string of the molecule is CCOC(=O)N1CCCCC1c1cc(C)c(OCc2ccccc2)c(C)c1. The number of likely N-dealkylation sites (tertiary alicyclic amines) is 1. The van der Waals surface area contributed by atoms with Crippen LogP contribution in [0.3, 0.4) is 0 Å². The fourth-order valence-electron chi connectivity index (χ4n) is 3.84. The Morgan fingerprint density at radius 2 is 1.81 bits per heavy atom. The standard InChI is InChI=1S/C23H29NO3/c1-4-26-23(25)24-13-9-8-12-21(24)20-14-17(2)22(18(3)15-20)27-16-19-10-6-5-7-11-19/h5-7,10-11,14-15,21H,4,8-9,12-13,16H2,1-3H3. The van der Waals surface area contributed by atoms with Gasteiger partial charge in [0.2, 0.25) is 0 Å². The van der Waals surface area contributed by atoms with Gasteiger partial charge in [0.15, 0.2) is 0 Å². The van der Waals surface area contributed by atoms with E-state index in [0.29, 0.717) is 13.2 Å². The molecule has 1 saturated heterocycles. The summed E-state index contributed by atoms with van der Waals surface area (Å²) in [6.07, 6.45) is 2.93. The number of rotatable bonds is 5. The molecule has 4 heteroatoms. The molecule has 1 unspecified atom stereocenters. The summed E-state index contributed by atoms with van der Waals surface area (Å²) in [6, 6.07) is 14.6. The zero-order valence-corrected chi connectivity index (χ0v) is 16.5. The van der Waals surface area contributed by atoms with E-state index in [1.54, 1.807) is 0 Å². The third-order valence-electron chi connectivity index (χ3n) is 5.10. The molecule has 0 aliphatic carbocycles. The van der Waals surface area contributed by atoms with Crippen LogP contribution in [0.5, 0.6) is 5.75 Å². The summed E-state index contributed by atoms with van der Waals surface area (Å²) >= 11 is 0. The van der Waals surface area contributed by atoms with Crippen molar-refractivity contribution in [2.24, 2.45) is 0 Å². The first-order valence-electron chi connectivity index (χ1n) is 9.81. The molecular formula is C23H29NO3. The number of piperidine rings is 1. The quantitative estimate of drug-likeness (QED) is 0.694. The number of nitrogens with zero attached hydrogens (tertiary/aromatic N) is 1. The van der Waals surface area contributed by atoms with Gasteiger partial charge in [-0.15, -0.1) is 0 Å². The van der Waals surface area contributed by atoms with Crippen LogP contribution in [0.2, 0.25) is 0 Å². The fraction of sp³-hybridized carbons (Fsp3) is 0.435. The first-order chi connectivity index (χ1) is 13.1. The Morgan fingerprint density at radius 1 is 1.11 bits per heavy atom. The maximum atomic E-state index is 12.4. The first kappa shape index (κ1) is 19.3. The lowest BCUT2D eigenvalue weighted by Crippen LogP contribution is -2.38. The lowest BCUT2D eigenvalue weighted by atomic mass is 9.93. The molecule has 3 rings (SSSR count). The van der Waals surface area contributed by atoms with Crippen LogP contribution >= 0.6 is 0 Å². The molecule has 2 aromatic rings. The van der Waals surface area contributed by atoms with Crippen molar-refractivity contribution in [3.63, 3.8) is 0 Å². The molecule has 0 spiro atoms. The molecule has 1 aliphatic rings. The van der Waals surface area contributed by atoms with Gasteiger partial charge in [0.25, 0.3) is 0 Å². The molecule has 0 bridgehead atoms. The van der Waals surface area contributed by atoms with Crippen LogP contribution in [0.4, 0.5) is 4.79 Å². The highest BCUT2D eigenvalue weighted by Gasteiger charge is 2.29. The Bertz CT molecular complexity index is 749. The van der Waals surface area contributed by atoms with Crippen LogP contribution in [-0.2, 0) is 11.3 Å². The predicted octanol–water partition coefficient (Wildman–Crippen LogP) is 5.57. The van der Waals surface area contributed by atoms with E-state index in [1.807, 2.05) is 30.0 Å². The minimum atomic E-state index is -0.207. The van der Waals surface area contributed by atoms with Crippen molar-refractivity contribution in [1.82, 2.24) is 4.90 Å². The Kier molecular flexibility index (Phi) is 6.38. The van der Waals surface area contributed by atoms with Crippen molar-refractivity contribution in [3.8, 4) is 5.75 Å². The molecule has 27 heavy (non-hydrogen) atoms. The van der Waals surface area contributed by atoms with E-state index >= 15 is 0 Å². The molecule has 1 atom stereocenters. The second-order valence-electron chi connectivity index (χ2n) is 7.16. The van der Waals surface area contributed by atoms with E-state index in [0.717, 1.165) is 48.2 Å². The second kappa shape index (κ2) is 8.94. The van der Waals surface area contributed by atoms with Crippen LogP contribution in [0.15, 0.2) is 42.5 Å². The van der Waals surface area contributed by atoms with Gasteiger partial charge in [-0.25, -0.2) is 4.79 Å². The average molecular weight is 367 g/mol. The Morgan fingerprint density at radius 3 is 2.48 bits per heavy atom. The van der Waals surface area contributed by atoms with Gasteiger partial charge in [0, 0.05) is 6.54 Å². The van der Waals surface area contributed by atoms with Gasteiger partial charge in [-0.3, -0.25) is 0 Å². The van der Waals surface area contributed by atoms with Crippen LogP contribution in [-0.4, -0.2) is 24.1 Å². The maximum absolute atomic E-state index is 12.4. The van der Waals surface area contributed by atoms with Gasteiger partial charge < -0.3 is 14.4 Å². The topological polar surface area (TPSA) is 38.8 Å². The summed E-state index contributed by atoms with van der Waals surface area (Å²) < 4.78 is 11.4. The number of amides is 1. The minimum absolute atomic E-state index is 0.0818. The first-order valence-corrected chi connectivity index (χ1v) is 9.81. The lowest BCUT2D eigenvalue weighted by molar-refractivity contribution is 0.0766. The molecule has 0 saturated carbocycles. The highest BCUT2D eigenvalue weighted by Crippen LogP contribution is 2.35. The fourth-order valence-corrected chi connectivity index (χ4v) is 3.84. The Balaban J connectivity index is 1.79. The average Bonchev–Trinajstić information content (AvgIpc) is 2.68. The number of aryl methyl sites for hydroxylation is 2. The van der Waals surface area contributed by atoms with E-state index in [4.69, 9.17) is 9.47 Å². The van der Waals surface area contributed by atoms with Gasteiger partial charge in [-0.1, -0.05) is 42.5 Å². The summed E-state index contributed by atoms with van der Waals surface area (Å²) in [5, 5.41) is 0. The van der Waals surface area contributed by atoms with Crippen molar-refractivity contribution in [3.05, 3.63) is 64.7 Å². The van der Waals surface area contributed by atoms with Gasteiger partial charge in [0.1, 0.15) is 12.4 Å².